The van der Waals surface area contributed by atoms with Crippen LogP contribution in [0.1, 0.15) is 19.3 Å². The molecule has 0 bridgehead atoms. The maximum Gasteiger partial charge on any atom is 0.211 e. The number of hydrogen-bond acceptors (Lipinski definition) is 4. The maximum atomic E-state index is 11.4. The van der Waals surface area contributed by atoms with Crippen molar-refractivity contribution in [2.45, 2.75) is 19.3 Å². The van der Waals surface area contributed by atoms with Crippen LogP contribution in [0, 0.1) is 5.92 Å². The average Bonchev–Trinajstić information content (AvgIpc) is 2.46. The second kappa shape index (κ2) is 9.22. The van der Waals surface area contributed by atoms with Crippen LogP contribution in [0.3, 0.4) is 0 Å². The Bertz CT molecular complexity index is 417. The van der Waals surface area contributed by atoms with E-state index in [1.54, 1.807) is 18.5 Å². The smallest absolute Gasteiger partial charge is 0.211 e. The van der Waals surface area contributed by atoms with E-state index in [4.69, 9.17) is 4.74 Å². The highest BCUT2D eigenvalue weighted by Crippen LogP contribution is 2.18. The number of rotatable bonds is 7. The fourth-order valence-corrected chi connectivity index (χ4v) is 3.20. The van der Waals surface area contributed by atoms with Crippen molar-refractivity contribution < 1.29 is 13.2 Å². The molecule has 1 saturated heterocycles. The molecule has 0 radical (unpaired) electrons. The molecular formula is C13H28N4O3S. The van der Waals surface area contributed by atoms with E-state index in [2.05, 4.69) is 15.6 Å². The molecule has 0 aromatic rings. The Morgan fingerprint density at radius 3 is 2.52 bits per heavy atom. The summed E-state index contributed by atoms with van der Waals surface area (Å²) in [4.78, 5) is 4.17. The van der Waals surface area contributed by atoms with Crippen LogP contribution < -0.4 is 10.6 Å². The highest BCUT2D eigenvalue weighted by molar-refractivity contribution is 7.88. The Kier molecular flexibility index (Phi) is 7.98. The Morgan fingerprint density at radius 1 is 1.33 bits per heavy atom. The minimum Gasteiger partial charge on any atom is -0.385 e. The summed E-state index contributed by atoms with van der Waals surface area (Å²) in [6, 6.07) is 0. The lowest BCUT2D eigenvalue weighted by Gasteiger charge is -2.30. The molecule has 0 aromatic carbocycles. The number of ether oxygens (including phenoxy) is 1. The van der Waals surface area contributed by atoms with Crippen molar-refractivity contribution in [2.75, 3.05) is 53.2 Å². The summed E-state index contributed by atoms with van der Waals surface area (Å²) in [6.07, 6.45) is 3.99. The zero-order valence-electron chi connectivity index (χ0n) is 13.3. The van der Waals surface area contributed by atoms with Crippen LogP contribution in [0.25, 0.3) is 0 Å². The SMILES string of the molecule is CN=C(NCCCOC)NCC1CCN(S(C)(=O)=O)CC1. The van der Waals surface area contributed by atoms with E-state index < -0.39 is 10.0 Å². The van der Waals surface area contributed by atoms with Gasteiger partial charge in [-0.3, -0.25) is 4.99 Å². The lowest BCUT2D eigenvalue weighted by Crippen LogP contribution is -2.44. The Hall–Kier alpha value is -0.860. The van der Waals surface area contributed by atoms with Gasteiger partial charge in [-0.1, -0.05) is 0 Å². The number of sulfonamides is 1. The second-order valence-electron chi connectivity index (χ2n) is 5.33. The lowest BCUT2D eigenvalue weighted by atomic mass is 9.98. The summed E-state index contributed by atoms with van der Waals surface area (Å²) >= 11 is 0. The first kappa shape index (κ1) is 18.2. The number of hydrogen-bond donors (Lipinski definition) is 2. The van der Waals surface area contributed by atoms with Gasteiger partial charge in [0.15, 0.2) is 5.96 Å². The Labute approximate surface area is 128 Å². The van der Waals surface area contributed by atoms with Crippen LogP contribution in [-0.4, -0.2) is 71.9 Å². The molecule has 1 fully saturated rings. The van der Waals surface area contributed by atoms with Gasteiger partial charge >= 0.3 is 0 Å². The molecular weight excluding hydrogens is 292 g/mol. The van der Waals surface area contributed by atoms with E-state index in [0.717, 1.165) is 44.9 Å². The fourth-order valence-electron chi connectivity index (χ4n) is 2.33. The van der Waals surface area contributed by atoms with E-state index >= 15 is 0 Å². The third kappa shape index (κ3) is 7.10. The van der Waals surface area contributed by atoms with Gasteiger partial charge in [-0.15, -0.1) is 0 Å². The zero-order valence-corrected chi connectivity index (χ0v) is 14.1. The van der Waals surface area contributed by atoms with Gasteiger partial charge in [0.2, 0.25) is 10.0 Å². The van der Waals surface area contributed by atoms with Crippen molar-refractivity contribution in [2.24, 2.45) is 10.9 Å². The predicted molar refractivity (Wildman–Crippen MR) is 85.0 cm³/mol. The molecule has 2 N–H and O–H groups in total. The van der Waals surface area contributed by atoms with E-state index in [-0.39, 0.29) is 0 Å². The fraction of sp³-hybridized carbons (Fsp3) is 0.923. The van der Waals surface area contributed by atoms with Crippen molar-refractivity contribution in [3.05, 3.63) is 0 Å². The van der Waals surface area contributed by atoms with Crippen LogP contribution >= 0.6 is 0 Å². The van der Waals surface area contributed by atoms with Crippen molar-refractivity contribution in [3.8, 4) is 0 Å². The normalized spacial score (nSPS) is 18.7. The molecule has 0 atom stereocenters. The molecule has 124 valence electrons. The molecule has 1 heterocycles. The minimum absolute atomic E-state index is 0.487. The lowest BCUT2D eigenvalue weighted by molar-refractivity contribution is 0.195. The average molecular weight is 320 g/mol. The van der Waals surface area contributed by atoms with E-state index in [0.29, 0.717) is 19.0 Å². The molecule has 0 spiro atoms. The molecule has 0 aromatic heterocycles. The summed E-state index contributed by atoms with van der Waals surface area (Å²) in [5.41, 5.74) is 0. The molecule has 1 aliphatic heterocycles. The number of piperidine rings is 1. The van der Waals surface area contributed by atoms with Crippen LogP contribution in [0.2, 0.25) is 0 Å². The van der Waals surface area contributed by atoms with Crippen molar-refractivity contribution in [3.63, 3.8) is 0 Å². The molecule has 0 amide bonds. The van der Waals surface area contributed by atoms with Gasteiger partial charge in [0.25, 0.3) is 0 Å². The molecule has 0 unspecified atom stereocenters. The number of methoxy groups -OCH3 is 1. The quantitative estimate of drug-likeness (QED) is 0.387. The highest BCUT2D eigenvalue weighted by Gasteiger charge is 2.24. The summed E-state index contributed by atoms with van der Waals surface area (Å²) in [5, 5.41) is 6.53. The Morgan fingerprint density at radius 2 is 2.00 bits per heavy atom. The summed E-state index contributed by atoms with van der Waals surface area (Å²) in [5.74, 6) is 1.28. The largest absolute Gasteiger partial charge is 0.385 e. The topological polar surface area (TPSA) is 83.0 Å². The van der Waals surface area contributed by atoms with Gasteiger partial charge in [0, 0.05) is 46.9 Å². The number of nitrogens with one attached hydrogen (secondary N) is 2. The molecule has 7 nitrogen and oxygen atoms in total. The van der Waals surface area contributed by atoms with Crippen LogP contribution in [-0.2, 0) is 14.8 Å². The van der Waals surface area contributed by atoms with Gasteiger partial charge in [0.1, 0.15) is 0 Å². The summed E-state index contributed by atoms with van der Waals surface area (Å²) in [6.45, 7) is 3.60. The predicted octanol–water partition coefficient (Wildman–Crippen LogP) is -0.140. The van der Waals surface area contributed by atoms with Crippen molar-refractivity contribution in [1.82, 2.24) is 14.9 Å². The molecule has 0 saturated carbocycles. The molecule has 8 heteroatoms. The number of guanidine groups is 1. The molecule has 0 aliphatic carbocycles. The number of nitrogens with zero attached hydrogens (tertiary/aromatic N) is 2. The monoisotopic (exact) mass is 320 g/mol. The molecule has 1 rings (SSSR count). The van der Waals surface area contributed by atoms with Gasteiger partial charge in [-0.05, 0) is 25.2 Å². The number of aliphatic imine (C=N–C) groups is 1. The minimum atomic E-state index is -3.04. The molecule has 1 aliphatic rings. The van der Waals surface area contributed by atoms with Gasteiger partial charge < -0.3 is 15.4 Å². The third-order valence-corrected chi connectivity index (χ3v) is 4.95. The third-order valence-electron chi connectivity index (χ3n) is 3.64. The molecule has 21 heavy (non-hydrogen) atoms. The second-order valence-corrected chi connectivity index (χ2v) is 7.31. The summed E-state index contributed by atoms with van der Waals surface area (Å²) in [7, 11) is 0.401. The zero-order chi connectivity index (χ0) is 15.7. The van der Waals surface area contributed by atoms with Gasteiger partial charge in [-0.25, -0.2) is 12.7 Å². The van der Waals surface area contributed by atoms with E-state index in [1.807, 2.05) is 0 Å². The first-order valence-corrected chi connectivity index (χ1v) is 9.20. The standard InChI is InChI=1S/C13H28N4O3S/c1-14-13(15-7-4-10-20-2)16-11-12-5-8-17(9-6-12)21(3,18)19/h12H,4-11H2,1-3H3,(H2,14,15,16). The van der Waals surface area contributed by atoms with Crippen molar-refractivity contribution >= 4 is 16.0 Å². The van der Waals surface area contributed by atoms with Gasteiger partial charge in [-0.2, -0.15) is 0 Å². The van der Waals surface area contributed by atoms with Crippen LogP contribution in [0.15, 0.2) is 4.99 Å². The summed E-state index contributed by atoms with van der Waals surface area (Å²) < 4.78 is 29.4. The van der Waals surface area contributed by atoms with E-state index in [1.165, 1.54) is 6.26 Å². The maximum absolute atomic E-state index is 11.4. The Balaban J connectivity index is 2.23. The van der Waals surface area contributed by atoms with Crippen molar-refractivity contribution in [1.29, 1.82) is 0 Å². The van der Waals surface area contributed by atoms with Crippen LogP contribution in [0.4, 0.5) is 0 Å². The first-order valence-electron chi connectivity index (χ1n) is 7.36. The van der Waals surface area contributed by atoms with Crippen LogP contribution in [0.5, 0.6) is 0 Å². The first-order chi connectivity index (χ1) is 9.97. The van der Waals surface area contributed by atoms with E-state index in [9.17, 15) is 8.42 Å². The highest BCUT2D eigenvalue weighted by atomic mass is 32.2. The van der Waals surface area contributed by atoms with Gasteiger partial charge in [0.05, 0.1) is 6.26 Å².